The molecule has 1 saturated heterocycles. The number of likely N-dealkylation sites (tertiary alicyclic amines) is 1. The summed E-state index contributed by atoms with van der Waals surface area (Å²) in [5.41, 5.74) is 1.04. The van der Waals surface area contributed by atoms with Crippen LogP contribution >= 0.6 is 11.3 Å². The van der Waals surface area contributed by atoms with Gasteiger partial charge in [0.1, 0.15) is 4.83 Å². The first-order chi connectivity index (χ1) is 15.1. The van der Waals surface area contributed by atoms with E-state index in [0.29, 0.717) is 12.1 Å². The molecule has 7 heteroatoms. The van der Waals surface area contributed by atoms with Gasteiger partial charge in [0.15, 0.2) is 0 Å². The number of piperidine rings is 1. The lowest BCUT2D eigenvalue weighted by molar-refractivity contribution is 0.0582. The van der Waals surface area contributed by atoms with Gasteiger partial charge in [-0.3, -0.25) is 9.48 Å². The number of aryl methyl sites for hydroxylation is 1. The van der Waals surface area contributed by atoms with Gasteiger partial charge >= 0.3 is 0 Å². The van der Waals surface area contributed by atoms with Crippen LogP contribution < -0.4 is 5.32 Å². The zero-order valence-corrected chi connectivity index (χ0v) is 19.5. The fraction of sp³-hybridized carbons (Fsp3) is 0.750. The zero-order valence-electron chi connectivity index (χ0n) is 18.7. The summed E-state index contributed by atoms with van der Waals surface area (Å²) in [5, 5.41) is 19.0. The second kappa shape index (κ2) is 9.20. The van der Waals surface area contributed by atoms with Gasteiger partial charge < -0.3 is 15.3 Å². The molecule has 1 amide bonds. The van der Waals surface area contributed by atoms with Crippen molar-refractivity contribution in [2.75, 3.05) is 13.1 Å². The average molecular weight is 445 g/mol. The van der Waals surface area contributed by atoms with E-state index in [0.717, 1.165) is 67.6 Å². The molecule has 2 saturated carbocycles. The molecule has 31 heavy (non-hydrogen) atoms. The van der Waals surface area contributed by atoms with Gasteiger partial charge in [-0.05, 0) is 64.4 Å². The Labute approximate surface area is 189 Å². The summed E-state index contributed by atoms with van der Waals surface area (Å²) in [6.07, 6.45) is 12.3. The minimum Gasteiger partial charge on any atom is -0.393 e. The summed E-state index contributed by atoms with van der Waals surface area (Å²) < 4.78 is 2.21. The van der Waals surface area contributed by atoms with Crippen LogP contribution in [0.5, 0.6) is 0 Å². The van der Waals surface area contributed by atoms with Crippen LogP contribution in [0.25, 0.3) is 10.2 Å². The second-order valence-electron chi connectivity index (χ2n) is 9.90. The number of nitrogens with one attached hydrogen (secondary N) is 1. The molecule has 0 unspecified atom stereocenters. The lowest BCUT2D eigenvalue weighted by Gasteiger charge is -2.40. The fourth-order valence-electron chi connectivity index (χ4n) is 5.85. The van der Waals surface area contributed by atoms with E-state index >= 15 is 0 Å². The third-order valence-corrected chi connectivity index (χ3v) is 8.88. The van der Waals surface area contributed by atoms with Crippen molar-refractivity contribution in [2.24, 2.45) is 0 Å². The highest BCUT2D eigenvalue weighted by molar-refractivity contribution is 7.20. The quantitative estimate of drug-likeness (QED) is 0.733. The Bertz CT molecular complexity index is 900. The molecule has 2 aliphatic carbocycles. The molecule has 3 aliphatic rings. The van der Waals surface area contributed by atoms with Crippen LogP contribution in [0.15, 0.2) is 6.07 Å². The molecule has 170 valence electrons. The van der Waals surface area contributed by atoms with Gasteiger partial charge in [0.25, 0.3) is 5.91 Å². The van der Waals surface area contributed by atoms with E-state index in [-0.39, 0.29) is 18.1 Å². The molecule has 2 aromatic heterocycles. The standard InChI is InChI=1S/C24H36N4O2S/c1-16-21-15-22(31-24(21)28(26-16)19-5-3-2-4-6-19)23(30)25-17-11-13-27(14-12-17)18-7-9-20(29)10-8-18/h15,17-20,29H,2-14H2,1H3,(H,25,30)/t18-,20-. The molecule has 0 atom stereocenters. The van der Waals surface area contributed by atoms with E-state index in [2.05, 4.69) is 27.9 Å². The first-order valence-electron chi connectivity index (χ1n) is 12.3. The highest BCUT2D eigenvalue weighted by atomic mass is 32.1. The summed E-state index contributed by atoms with van der Waals surface area (Å²) in [4.78, 5) is 17.6. The molecule has 0 radical (unpaired) electrons. The van der Waals surface area contributed by atoms with Crippen molar-refractivity contribution in [3.05, 3.63) is 16.6 Å². The number of fused-ring (bicyclic) bond motifs is 1. The van der Waals surface area contributed by atoms with Crippen molar-refractivity contribution in [2.45, 2.75) is 102 Å². The first-order valence-corrected chi connectivity index (χ1v) is 13.1. The van der Waals surface area contributed by atoms with Gasteiger partial charge in [-0.25, -0.2) is 0 Å². The van der Waals surface area contributed by atoms with Crippen LogP contribution in [0.1, 0.15) is 92.0 Å². The molecule has 2 N–H and O–H groups in total. The minimum absolute atomic E-state index is 0.0787. The first kappa shape index (κ1) is 21.4. The van der Waals surface area contributed by atoms with E-state index in [9.17, 15) is 9.90 Å². The molecule has 1 aliphatic heterocycles. The Hall–Kier alpha value is -1.44. The molecule has 6 nitrogen and oxygen atoms in total. The molecule has 3 fully saturated rings. The van der Waals surface area contributed by atoms with Crippen LogP contribution in [0, 0.1) is 6.92 Å². The highest BCUT2D eigenvalue weighted by Crippen LogP contribution is 2.35. The minimum atomic E-state index is -0.0942. The number of carbonyl (C=O) groups is 1. The number of rotatable bonds is 4. The Morgan fingerprint density at radius 1 is 1.03 bits per heavy atom. The predicted octanol–water partition coefficient (Wildman–Crippen LogP) is 4.41. The van der Waals surface area contributed by atoms with Gasteiger partial charge in [-0.2, -0.15) is 5.10 Å². The Kier molecular flexibility index (Phi) is 6.35. The molecule has 5 rings (SSSR count). The topological polar surface area (TPSA) is 70.4 Å². The van der Waals surface area contributed by atoms with E-state index < -0.39 is 0 Å². The molecule has 0 aromatic carbocycles. The summed E-state index contributed by atoms with van der Waals surface area (Å²) in [6.45, 7) is 4.16. The number of aliphatic hydroxyl groups is 1. The average Bonchev–Trinajstić information content (AvgIpc) is 3.36. The Morgan fingerprint density at radius 3 is 2.45 bits per heavy atom. The zero-order chi connectivity index (χ0) is 21.4. The number of hydrogen-bond donors (Lipinski definition) is 2. The van der Waals surface area contributed by atoms with Crippen molar-refractivity contribution in [3.63, 3.8) is 0 Å². The van der Waals surface area contributed by atoms with E-state index in [4.69, 9.17) is 5.10 Å². The number of amides is 1. The van der Waals surface area contributed by atoms with Crippen molar-refractivity contribution in [1.82, 2.24) is 20.0 Å². The lowest BCUT2D eigenvalue weighted by Crippen LogP contribution is -2.49. The SMILES string of the molecule is Cc1nn(C2CCCCC2)c2sc(C(=O)NC3CCN([C@H]4CC[C@H](O)CC4)CC3)cc12. The normalized spacial score (nSPS) is 27.0. The van der Waals surface area contributed by atoms with Crippen molar-refractivity contribution in [3.8, 4) is 0 Å². The molecular weight excluding hydrogens is 408 g/mol. The van der Waals surface area contributed by atoms with Crippen LogP contribution in [-0.2, 0) is 0 Å². The van der Waals surface area contributed by atoms with E-state index in [1.54, 1.807) is 11.3 Å². The van der Waals surface area contributed by atoms with Crippen LogP contribution in [0.3, 0.4) is 0 Å². The number of aliphatic hydroxyl groups excluding tert-OH is 1. The van der Waals surface area contributed by atoms with Gasteiger partial charge in [0.2, 0.25) is 0 Å². The number of aromatic nitrogens is 2. The van der Waals surface area contributed by atoms with E-state index in [1.165, 1.54) is 36.9 Å². The summed E-state index contributed by atoms with van der Waals surface area (Å²) in [6, 6.07) is 3.43. The summed E-state index contributed by atoms with van der Waals surface area (Å²) >= 11 is 1.61. The molecule has 0 bridgehead atoms. The number of hydrogen-bond acceptors (Lipinski definition) is 5. The fourth-order valence-corrected chi connectivity index (χ4v) is 6.98. The second-order valence-corrected chi connectivity index (χ2v) is 10.9. The monoisotopic (exact) mass is 444 g/mol. The van der Waals surface area contributed by atoms with Gasteiger partial charge in [0.05, 0.1) is 22.7 Å². The van der Waals surface area contributed by atoms with Crippen LogP contribution in [-0.4, -0.2) is 57.0 Å². The van der Waals surface area contributed by atoms with Crippen molar-refractivity contribution >= 4 is 27.5 Å². The van der Waals surface area contributed by atoms with Gasteiger partial charge in [0, 0.05) is 30.6 Å². The third-order valence-electron chi connectivity index (χ3n) is 7.76. The summed E-state index contributed by atoms with van der Waals surface area (Å²) in [7, 11) is 0. The van der Waals surface area contributed by atoms with Crippen LogP contribution in [0.2, 0.25) is 0 Å². The van der Waals surface area contributed by atoms with Crippen molar-refractivity contribution in [1.29, 1.82) is 0 Å². The lowest BCUT2D eigenvalue weighted by atomic mass is 9.90. The largest absolute Gasteiger partial charge is 0.393 e. The molecule has 3 heterocycles. The molecule has 2 aromatic rings. The third kappa shape index (κ3) is 4.55. The maximum absolute atomic E-state index is 13.0. The Morgan fingerprint density at radius 2 is 1.74 bits per heavy atom. The van der Waals surface area contributed by atoms with E-state index in [1.807, 2.05) is 0 Å². The number of thiophene rings is 1. The molecule has 0 spiro atoms. The Balaban J connectivity index is 1.20. The van der Waals surface area contributed by atoms with Crippen LogP contribution in [0.4, 0.5) is 0 Å². The number of nitrogens with zero attached hydrogens (tertiary/aromatic N) is 3. The summed E-state index contributed by atoms with van der Waals surface area (Å²) in [5.74, 6) is 0.0787. The molecular formula is C24H36N4O2S. The van der Waals surface area contributed by atoms with Crippen molar-refractivity contribution < 1.29 is 9.90 Å². The number of carbonyl (C=O) groups excluding carboxylic acids is 1. The van der Waals surface area contributed by atoms with Gasteiger partial charge in [-0.15, -0.1) is 11.3 Å². The van der Waals surface area contributed by atoms with Gasteiger partial charge in [-0.1, -0.05) is 19.3 Å². The smallest absolute Gasteiger partial charge is 0.261 e. The maximum atomic E-state index is 13.0. The predicted molar refractivity (Wildman–Crippen MR) is 125 cm³/mol. The maximum Gasteiger partial charge on any atom is 0.261 e. The highest BCUT2D eigenvalue weighted by Gasteiger charge is 2.29.